The van der Waals surface area contributed by atoms with Crippen molar-refractivity contribution >= 4 is 34.8 Å². The molecule has 1 aromatic heterocycles. The molecule has 0 saturated carbocycles. The van der Waals surface area contributed by atoms with Crippen LogP contribution in [0.1, 0.15) is 49.9 Å². The molecular formula is C43H35BNO2. The molecular weight excluding hydrogens is 573 g/mol. The Hall–Kier alpha value is -4.90. The first kappa shape index (κ1) is 28.3. The van der Waals surface area contributed by atoms with Gasteiger partial charge in [0.05, 0.1) is 27.7 Å². The molecule has 0 amide bonds. The van der Waals surface area contributed by atoms with E-state index in [0.717, 1.165) is 11.2 Å². The van der Waals surface area contributed by atoms with Gasteiger partial charge in [-0.15, -0.1) is 0 Å². The Bertz CT molecular complexity index is 2330. The number of aliphatic hydroxyl groups is 1. The Kier molecular flexibility index (Phi) is 5.91. The van der Waals surface area contributed by atoms with E-state index in [9.17, 15) is 5.11 Å². The summed E-state index contributed by atoms with van der Waals surface area (Å²) in [4.78, 5) is 0. The number of para-hydroxylation sites is 2. The number of fused-ring (bicyclic) bond motifs is 13. The summed E-state index contributed by atoms with van der Waals surface area (Å²) in [6.45, 7) is 7.42. The van der Waals surface area contributed by atoms with Gasteiger partial charge in [-0.05, 0) is 96.5 Å². The van der Waals surface area contributed by atoms with Crippen LogP contribution in [0.2, 0.25) is 0 Å². The van der Waals surface area contributed by atoms with Crippen molar-refractivity contribution in [2.75, 3.05) is 0 Å². The molecule has 0 bridgehead atoms. The average Bonchev–Trinajstić information content (AvgIpc) is 3.68. The zero-order chi connectivity index (χ0) is 32.1. The monoisotopic (exact) mass is 608 g/mol. The Morgan fingerprint density at radius 3 is 1.64 bits per heavy atom. The maximum atomic E-state index is 10.8. The van der Waals surface area contributed by atoms with E-state index in [2.05, 4.69) is 138 Å². The number of benzene rings is 6. The first-order valence-corrected chi connectivity index (χ1v) is 16.4. The van der Waals surface area contributed by atoms with E-state index in [4.69, 9.17) is 4.65 Å². The molecule has 0 saturated heterocycles. The van der Waals surface area contributed by atoms with Gasteiger partial charge >= 0.3 is 7.48 Å². The lowest BCUT2D eigenvalue weighted by Crippen LogP contribution is -2.49. The standard InChI is InChI=1S/C43H35BNO2/c1-41(2,46)42(3,4)47-44-27-21-23-31-29-13-5-9-17-35(29)43(37(31)25-27)36-18-10-6-14-30(36)32-24-22-28(26-38(32)43)45-39-19-11-7-15-33(39)34-16-8-12-20-40(34)45/h5-26,46H,1-4H3. The van der Waals surface area contributed by atoms with E-state index >= 15 is 0 Å². The van der Waals surface area contributed by atoms with E-state index in [-0.39, 0.29) is 0 Å². The van der Waals surface area contributed by atoms with E-state index in [1.807, 2.05) is 21.3 Å². The molecule has 1 spiro atoms. The van der Waals surface area contributed by atoms with Crippen molar-refractivity contribution in [2.24, 2.45) is 0 Å². The van der Waals surface area contributed by atoms with E-state index in [0.29, 0.717) is 0 Å². The SMILES string of the molecule is CC(C)(O)C(C)(C)O[B]c1ccc2c(c1)C1(c3ccccc3-2)c2ccccc2-c2ccc(-n3c4ccccc4c4ccccc43)cc21. The van der Waals surface area contributed by atoms with E-state index < -0.39 is 16.6 Å². The van der Waals surface area contributed by atoms with Gasteiger partial charge in [-0.1, -0.05) is 115 Å². The summed E-state index contributed by atoms with van der Waals surface area (Å²) in [5.74, 6) is 0. The van der Waals surface area contributed by atoms with E-state index in [1.165, 1.54) is 66.3 Å². The van der Waals surface area contributed by atoms with Crippen LogP contribution < -0.4 is 5.46 Å². The van der Waals surface area contributed by atoms with Crippen molar-refractivity contribution in [3.05, 3.63) is 156 Å². The average molecular weight is 609 g/mol. The lowest BCUT2D eigenvalue weighted by molar-refractivity contribution is -0.0893. The van der Waals surface area contributed by atoms with Crippen molar-refractivity contribution < 1.29 is 9.76 Å². The molecule has 1 unspecified atom stereocenters. The van der Waals surface area contributed by atoms with Gasteiger partial charge in [0, 0.05) is 16.5 Å². The van der Waals surface area contributed by atoms with Crippen molar-refractivity contribution in [1.82, 2.24) is 4.57 Å². The number of aromatic nitrogens is 1. The summed E-state index contributed by atoms with van der Waals surface area (Å²) in [5.41, 5.74) is 12.4. The molecule has 0 aliphatic heterocycles. The second-order valence-electron chi connectivity index (χ2n) is 14.1. The van der Waals surface area contributed by atoms with Gasteiger partial charge < -0.3 is 14.3 Å². The van der Waals surface area contributed by atoms with Crippen LogP contribution in [0.3, 0.4) is 0 Å². The summed E-state index contributed by atoms with van der Waals surface area (Å²) in [6.07, 6.45) is 0. The van der Waals surface area contributed by atoms with Crippen LogP contribution in [0, 0.1) is 0 Å². The van der Waals surface area contributed by atoms with Crippen molar-refractivity contribution in [1.29, 1.82) is 0 Å². The molecule has 3 nitrogen and oxygen atoms in total. The molecule has 1 atom stereocenters. The molecule has 227 valence electrons. The summed E-state index contributed by atoms with van der Waals surface area (Å²) in [7, 11) is 1.81. The van der Waals surface area contributed by atoms with E-state index in [1.54, 1.807) is 13.8 Å². The first-order chi connectivity index (χ1) is 22.7. The number of nitrogens with zero attached hydrogens (tertiary/aromatic N) is 1. The first-order valence-electron chi connectivity index (χ1n) is 16.4. The van der Waals surface area contributed by atoms with Crippen LogP contribution >= 0.6 is 0 Å². The summed E-state index contributed by atoms with van der Waals surface area (Å²) >= 11 is 0. The third kappa shape index (κ3) is 3.83. The fourth-order valence-electron chi connectivity index (χ4n) is 7.92. The lowest BCUT2D eigenvalue weighted by atomic mass is 9.69. The Labute approximate surface area is 276 Å². The van der Waals surface area contributed by atoms with Crippen LogP contribution in [0.5, 0.6) is 0 Å². The molecule has 2 aliphatic rings. The Morgan fingerprint density at radius 2 is 1.04 bits per heavy atom. The molecule has 1 radical (unpaired) electrons. The Balaban J connectivity index is 1.31. The predicted molar refractivity (Wildman–Crippen MR) is 194 cm³/mol. The van der Waals surface area contributed by atoms with Gasteiger partial charge in [-0.2, -0.15) is 0 Å². The topological polar surface area (TPSA) is 34.4 Å². The van der Waals surface area contributed by atoms with Gasteiger partial charge in [0.2, 0.25) is 0 Å². The molecule has 1 N–H and O–H groups in total. The summed E-state index contributed by atoms with van der Waals surface area (Å²) in [5, 5.41) is 13.3. The molecule has 9 rings (SSSR count). The summed E-state index contributed by atoms with van der Waals surface area (Å²) in [6, 6.07) is 48.9. The smallest absolute Gasteiger partial charge is 0.330 e. The van der Waals surface area contributed by atoms with Gasteiger partial charge in [0.15, 0.2) is 0 Å². The number of hydrogen-bond acceptors (Lipinski definition) is 2. The second-order valence-corrected chi connectivity index (χ2v) is 14.1. The van der Waals surface area contributed by atoms with Gasteiger partial charge in [-0.25, -0.2) is 0 Å². The molecule has 1 heterocycles. The number of hydrogen-bond donors (Lipinski definition) is 1. The fraction of sp³-hybridized carbons (Fsp3) is 0.163. The molecule has 47 heavy (non-hydrogen) atoms. The largest absolute Gasteiger partial charge is 0.427 e. The normalized spacial score (nSPS) is 16.4. The highest BCUT2D eigenvalue weighted by atomic mass is 16.5. The highest BCUT2D eigenvalue weighted by Gasteiger charge is 2.52. The Morgan fingerprint density at radius 1 is 0.553 bits per heavy atom. The summed E-state index contributed by atoms with van der Waals surface area (Å²) < 4.78 is 8.70. The van der Waals surface area contributed by atoms with Crippen LogP contribution in [-0.4, -0.2) is 28.4 Å². The van der Waals surface area contributed by atoms with Crippen molar-refractivity contribution in [2.45, 2.75) is 44.3 Å². The zero-order valence-electron chi connectivity index (χ0n) is 27.1. The molecule has 6 aromatic carbocycles. The third-order valence-electron chi connectivity index (χ3n) is 10.9. The van der Waals surface area contributed by atoms with Crippen LogP contribution in [0.25, 0.3) is 49.7 Å². The lowest BCUT2D eigenvalue weighted by Gasteiger charge is -2.37. The molecule has 2 aliphatic carbocycles. The van der Waals surface area contributed by atoms with Gasteiger partial charge in [0.1, 0.15) is 0 Å². The zero-order valence-corrected chi connectivity index (χ0v) is 27.1. The van der Waals surface area contributed by atoms with Crippen LogP contribution in [0.15, 0.2) is 133 Å². The maximum absolute atomic E-state index is 10.8. The van der Waals surface area contributed by atoms with Crippen molar-refractivity contribution in [3.8, 4) is 27.9 Å². The van der Waals surface area contributed by atoms with Crippen molar-refractivity contribution in [3.63, 3.8) is 0 Å². The minimum Gasteiger partial charge on any atom is -0.427 e. The minimum atomic E-state index is -1.01. The fourth-order valence-corrected chi connectivity index (χ4v) is 7.92. The maximum Gasteiger partial charge on any atom is 0.330 e. The molecule has 7 aromatic rings. The van der Waals surface area contributed by atoms with Gasteiger partial charge in [0.25, 0.3) is 0 Å². The number of rotatable bonds is 5. The highest BCUT2D eigenvalue weighted by molar-refractivity contribution is 6.47. The second kappa shape index (κ2) is 9.81. The highest BCUT2D eigenvalue weighted by Crippen LogP contribution is 2.62. The quantitative estimate of drug-likeness (QED) is 0.198. The van der Waals surface area contributed by atoms with Crippen LogP contribution in [-0.2, 0) is 10.1 Å². The van der Waals surface area contributed by atoms with Gasteiger partial charge in [-0.3, -0.25) is 0 Å². The molecule has 0 fully saturated rings. The van der Waals surface area contributed by atoms with Crippen LogP contribution in [0.4, 0.5) is 0 Å². The molecule has 4 heteroatoms. The minimum absolute atomic E-state index is 0.498. The third-order valence-corrected chi connectivity index (χ3v) is 10.9. The predicted octanol–water partition coefficient (Wildman–Crippen LogP) is 8.94.